The Balaban J connectivity index is 2.15. The molecule has 0 spiro atoms. The molecule has 1 aromatic heterocycles. The van der Waals surface area contributed by atoms with Gasteiger partial charge in [0.15, 0.2) is 0 Å². The van der Waals surface area contributed by atoms with Gasteiger partial charge in [-0.3, -0.25) is 0 Å². The van der Waals surface area contributed by atoms with Gasteiger partial charge in [-0.1, -0.05) is 0 Å². The summed E-state index contributed by atoms with van der Waals surface area (Å²) in [6.45, 7) is 1.67. The molecule has 0 aliphatic heterocycles. The van der Waals surface area contributed by atoms with Gasteiger partial charge in [-0.2, -0.15) is 5.10 Å². The first-order chi connectivity index (χ1) is 5.83. The van der Waals surface area contributed by atoms with Crippen molar-refractivity contribution < 1.29 is 9.47 Å². The Morgan fingerprint density at radius 2 is 2.42 bits per heavy atom. The first-order valence-electron chi connectivity index (χ1n) is 3.57. The molecular formula is C7H11BrN2O2. The highest BCUT2D eigenvalue weighted by atomic mass is 79.9. The number of halogens is 1. The normalized spacial score (nSPS) is 10.5. The Morgan fingerprint density at radius 1 is 1.58 bits per heavy atom. The maximum absolute atomic E-state index is 5.23. The molecule has 0 aromatic carbocycles. The van der Waals surface area contributed by atoms with Crippen molar-refractivity contribution in [2.45, 2.75) is 6.73 Å². The zero-order chi connectivity index (χ0) is 8.81. The summed E-state index contributed by atoms with van der Waals surface area (Å²) in [6.07, 6.45) is 3.58. The number of hydrogen-bond acceptors (Lipinski definition) is 3. The lowest BCUT2D eigenvalue weighted by Crippen LogP contribution is -2.07. The van der Waals surface area contributed by atoms with E-state index in [-0.39, 0.29) is 0 Å². The summed E-state index contributed by atoms with van der Waals surface area (Å²) < 4.78 is 12.7. The maximum Gasteiger partial charge on any atom is 0.139 e. The number of methoxy groups -OCH3 is 1. The zero-order valence-corrected chi connectivity index (χ0v) is 8.45. The summed E-state index contributed by atoms with van der Waals surface area (Å²) in [4.78, 5) is 0. The fourth-order valence-corrected chi connectivity index (χ4v) is 1.04. The van der Waals surface area contributed by atoms with E-state index in [0.717, 1.165) is 4.47 Å². The van der Waals surface area contributed by atoms with Crippen molar-refractivity contribution in [3.8, 4) is 0 Å². The Morgan fingerprint density at radius 3 is 3.00 bits per heavy atom. The van der Waals surface area contributed by atoms with Crippen molar-refractivity contribution in [3.63, 3.8) is 0 Å². The van der Waals surface area contributed by atoms with E-state index >= 15 is 0 Å². The minimum atomic E-state index is 0.467. The summed E-state index contributed by atoms with van der Waals surface area (Å²) >= 11 is 3.29. The molecule has 0 aliphatic rings. The van der Waals surface area contributed by atoms with E-state index in [2.05, 4.69) is 21.0 Å². The molecule has 4 nitrogen and oxygen atoms in total. The Hall–Kier alpha value is -0.390. The highest BCUT2D eigenvalue weighted by molar-refractivity contribution is 9.10. The van der Waals surface area contributed by atoms with Crippen molar-refractivity contribution in [1.29, 1.82) is 0 Å². The average molecular weight is 235 g/mol. The van der Waals surface area contributed by atoms with E-state index in [1.54, 1.807) is 18.0 Å². The van der Waals surface area contributed by atoms with Gasteiger partial charge >= 0.3 is 0 Å². The van der Waals surface area contributed by atoms with Crippen LogP contribution in [0, 0.1) is 0 Å². The van der Waals surface area contributed by atoms with Crippen LogP contribution in [0.3, 0.4) is 0 Å². The second-order valence-electron chi connectivity index (χ2n) is 2.23. The number of rotatable bonds is 5. The molecule has 0 bridgehead atoms. The predicted molar refractivity (Wildman–Crippen MR) is 47.8 cm³/mol. The first kappa shape index (κ1) is 9.70. The summed E-state index contributed by atoms with van der Waals surface area (Å²) in [5.74, 6) is 0. The third-order valence-electron chi connectivity index (χ3n) is 1.26. The summed E-state index contributed by atoms with van der Waals surface area (Å²) in [6, 6.07) is 0. The maximum atomic E-state index is 5.23. The lowest BCUT2D eigenvalue weighted by molar-refractivity contribution is 0.0288. The number of ether oxygens (including phenoxy) is 2. The second kappa shape index (κ2) is 5.29. The molecule has 0 radical (unpaired) electrons. The standard InChI is InChI=1S/C7H11BrN2O2/c1-11-2-3-12-6-10-5-7(8)4-9-10/h4-5H,2-3,6H2,1H3. The average Bonchev–Trinajstić information content (AvgIpc) is 2.45. The molecule has 1 heterocycles. The SMILES string of the molecule is COCCOCn1cc(Br)cn1. The van der Waals surface area contributed by atoms with E-state index in [1.807, 2.05) is 6.20 Å². The predicted octanol–water partition coefficient (Wildman–Crippen LogP) is 1.27. The van der Waals surface area contributed by atoms with Crippen LogP contribution in [0.2, 0.25) is 0 Å². The number of aromatic nitrogens is 2. The molecule has 5 heteroatoms. The molecule has 0 saturated heterocycles. The topological polar surface area (TPSA) is 36.3 Å². The van der Waals surface area contributed by atoms with Crippen molar-refractivity contribution >= 4 is 15.9 Å². The van der Waals surface area contributed by atoms with Crippen LogP contribution in [0.5, 0.6) is 0 Å². The number of nitrogens with zero attached hydrogens (tertiary/aromatic N) is 2. The lowest BCUT2D eigenvalue weighted by Gasteiger charge is -2.02. The quantitative estimate of drug-likeness (QED) is 0.721. The largest absolute Gasteiger partial charge is 0.382 e. The van der Waals surface area contributed by atoms with Crippen LogP contribution >= 0.6 is 15.9 Å². The van der Waals surface area contributed by atoms with E-state index in [9.17, 15) is 0 Å². The minimum absolute atomic E-state index is 0.467. The van der Waals surface area contributed by atoms with E-state index < -0.39 is 0 Å². The molecule has 0 unspecified atom stereocenters. The van der Waals surface area contributed by atoms with E-state index in [4.69, 9.17) is 9.47 Å². The highest BCUT2D eigenvalue weighted by Crippen LogP contribution is 2.05. The van der Waals surface area contributed by atoms with Gasteiger partial charge in [-0.15, -0.1) is 0 Å². The molecule has 1 rings (SSSR count). The monoisotopic (exact) mass is 234 g/mol. The number of hydrogen-bond donors (Lipinski definition) is 0. The lowest BCUT2D eigenvalue weighted by atomic mass is 10.7. The van der Waals surface area contributed by atoms with Crippen LogP contribution in [0.1, 0.15) is 0 Å². The van der Waals surface area contributed by atoms with Gasteiger partial charge in [0.1, 0.15) is 6.73 Å². The third-order valence-corrected chi connectivity index (χ3v) is 1.67. The van der Waals surface area contributed by atoms with Gasteiger partial charge in [-0.25, -0.2) is 4.68 Å². The smallest absolute Gasteiger partial charge is 0.139 e. The van der Waals surface area contributed by atoms with Crippen molar-refractivity contribution in [3.05, 3.63) is 16.9 Å². The molecular weight excluding hydrogens is 224 g/mol. The Kier molecular flexibility index (Phi) is 4.27. The van der Waals surface area contributed by atoms with Crippen LogP contribution < -0.4 is 0 Å². The fourth-order valence-electron chi connectivity index (χ4n) is 0.709. The van der Waals surface area contributed by atoms with Gasteiger partial charge in [0.2, 0.25) is 0 Å². The minimum Gasteiger partial charge on any atom is -0.382 e. The molecule has 68 valence electrons. The molecule has 12 heavy (non-hydrogen) atoms. The molecule has 0 amide bonds. The summed E-state index contributed by atoms with van der Waals surface area (Å²) in [5, 5.41) is 4.02. The first-order valence-corrected chi connectivity index (χ1v) is 4.37. The van der Waals surface area contributed by atoms with Crippen molar-refractivity contribution in [2.75, 3.05) is 20.3 Å². The molecule has 0 N–H and O–H groups in total. The van der Waals surface area contributed by atoms with Gasteiger partial charge in [0, 0.05) is 13.3 Å². The van der Waals surface area contributed by atoms with Crippen molar-refractivity contribution in [1.82, 2.24) is 9.78 Å². The zero-order valence-electron chi connectivity index (χ0n) is 6.86. The van der Waals surface area contributed by atoms with Crippen molar-refractivity contribution in [2.24, 2.45) is 0 Å². The van der Waals surface area contributed by atoms with Crippen LogP contribution in [0.4, 0.5) is 0 Å². The summed E-state index contributed by atoms with van der Waals surface area (Å²) in [5.41, 5.74) is 0. The molecule has 1 aromatic rings. The fraction of sp³-hybridized carbons (Fsp3) is 0.571. The van der Waals surface area contributed by atoms with E-state index in [1.165, 1.54) is 0 Å². The van der Waals surface area contributed by atoms with E-state index in [0.29, 0.717) is 19.9 Å². The van der Waals surface area contributed by atoms with Crippen LogP contribution in [0.15, 0.2) is 16.9 Å². The van der Waals surface area contributed by atoms with Crippen LogP contribution in [-0.2, 0) is 16.2 Å². The van der Waals surface area contributed by atoms with Crippen LogP contribution in [0.25, 0.3) is 0 Å². The van der Waals surface area contributed by atoms with Gasteiger partial charge in [0.25, 0.3) is 0 Å². The second-order valence-corrected chi connectivity index (χ2v) is 3.14. The third kappa shape index (κ3) is 3.34. The van der Waals surface area contributed by atoms with Gasteiger partial charge in [-0.05, 0) is 15.9 Å². The molecule has 0 aliphatic carbocycles. The Bertz CT molecular complexity index is 227. The molecule has 0 saturated carbocycles. The molecule has 0 fully saturated rings. The molecule has 0 atom stereocenters. The highest BCUT2D eigenvalue weighted by Gasteiger charge is 1.93. The Labute approximate surface area is 79.6 Å². The summed E-state index contributed by atoms with van der Waals surface area (Å²) in [7, 11) is 1.65. The van der Waals surface area contributed by atoms with Gasteiger partial charge < -0.3 is 9.47 Å². The van der Waals surface area contributed by atoms with Crippen LogP contribution in [-0.4, -0.2) is 30.1 Å². The van der Waals surface area contributed by atoms with Gasteiger partial charge in [0.05, 0.1) is 23.9 Å².